The van der Waals surface area contributed by atoms with E-state index in [1.165, 1.54) is 24.3 Å². The van der Waals surface area contributed by atoms with Crippen LogP contribution in [-0.4, -0.2) is 23.3 Å². The number of esters is 1. The van der Waals surface area contributed by atoms with Gasteiger partial charge in [-0.2, -0.15) is 0 Å². The normalized spacial score (nSPS) is 10.3. The van der Waals surface area contributed by atoms with E-state index in [1.54, 1.807) is 6.92 Å². The SMILES string of the molecule is Cc1ccc(C(=O)COC(=O)c2ccc(Br)cc2F)cc1[N+](=O)[O-]. The number of rotatable bonds is 5. The summed E-state index contributed by atoms with van der Waals surface area (Å²) in [7, 11) is 0. The van der Waals surface area contributed by atoms with Crippen LogP contribution in [0.5, 0.6) is 0 Å². The molecule has 124 valence electrons. The van der Waals surface area contributed by atoms with E-state index in [9.17, 15) is 24.1 Å². The fourth-order valence-corrected chi connectivity index (χ4v) is 2.26. The zero-order valence-electron chi connectivity index (χ0n) is 12.4. The number of nitrogens with zero attached hydrogens (tertiary/aromatic N) is 1. The first-order chi connectivity index (χ1) is 11.3. The molecule has 2 rings (SSSR count). The Morgan fingerprint density at radius 3 is 2.58 bits per heavy atom. The molecule has 0 aliphatic heterocycles. The van der Waals surface area contributed by atoms with Gasteiger partial charge in [0.15, 0.2) is 6.61 Å². The molecule has 2 aromatic rings. The van der Waals surface area contributed by atoms with Crippen LogP contribution in [0.15, 0.2) is 40.9 Å². The lowest BCUT2D eigenvalue weighted by Crippen LogP contribution is -2.15. The number of benzene rings is 2. The molecular weight excluding hydrogens is 385 g/mol. The molecule has 0 spiro atoms. The quantitative estimate of drug-likeness (QED) is 0.332. The van der Waals surface area contributed by atoms with Crippen molar-refractivity contribution >= 4 is 33.4 Å². The standard InChI is InChI=1S/C16H11BrFNO5/c1-9-2-3-10(6-14(9)19(22)23)15(20)8-24-16(21)12-5-4-11(17)7-13(12)18/h2-7H,8H2,1H3. The van der Waals surface area contributed by atoms with Crippen LogP contribution in [-0.2, 0) is 4.74 Å². The van der Waals surface area contributed by atoms with Gasteiger partial charge in [0.25, 0.3) is 5.69 Å². The lowest BCUT2D eigenvalue weighted by Gasteiger charge is -2.06. The Bertz CT molecular complexity index is 837. The molecule has 6 nitrogen and oxygen atoms in total. The van der Waals surface area contributed by atoms with Gasteiger partial charge < -0.3 is 4.74 Å². The van der Waals surface area contributed by atoms with E-state index in [1.807, 2.05) is 0 Å². The molecule has 24 heavy (non-hydrogen) atoms. The number of carbonyl (C=O) groups excluding carboxylic acids is 2. The Balaban J connectivity index is 2.09. The number of hydrogen-bond acceptors (Lipinski definition) is 5. The number of nitro groups is 1. The van der Waals surface area contributed by atoms with Gasteiger partial charge in [0.1, 0.15) is 5.82 Å². The van der Waals surface area contributed by atoms with Gasteiger partial charge in [-0.25, -0.2) is 9.18 Å². The van der Waals surface area contributed by atoms with Crippen molar-refractivity contribution in [3.8, 4) is 0 Å². The third kappa shape index (κ3) is 4.02. The topological polar surface area (TPSA) is 86.5 Å². The van der Waals surface area contributed by atoms with Crippen LogP contribution in [0.1, 0.15) is 26.3 Å². The van der Waals surface area contributed by atoms with Crippen molar-refractivity contribution in [2.45, 2.75) is 6.92 Å². The summed E-state index contributed by atoms with van der Waals surface area (Å²) in [4.78, 5) is 34.1. The van der Waals surface area contributed by atoms with E-state index < -0.39 is 29.1 Å². The summed E-state index contributed by atoms with van der Waals surface area (Å²) in [6, 6.07) is 7.74. The number of ether oxygens (including phenoxy) is 1. The second kappa shape index (κ2) is 7.31. The van der Waals surface area contributed by atoms with Crippen molar-refractivity contribution in [3.63, 3.8) is 0 Å². The number of aryl methyl sites for hydroxylation is 1. The minimum atomic E-state index is -0.991. The number of halogens is 2. The van der Waals surface area contributed by atoms with E-state index in [0.717, 1.165) is 12.1 Å². The first kappa shape index (κ1) is 17.7. The molecule has 0 radical (unpaired) electrons. The van der Waals surface area contributed by atoms with Gasteiger partial charge in [0, 0.05) is 21.7 Å². The Kier molecular flexibility index (Phi) is 5.40. The Labute approximate surface area is 144 Å². The molecule has 0 fully saturated rings. The van der Waals surface area contributed by atoms with Crippen molar-refractivity contribution in [2.24, 2.45) is 0 Å². The Morgan fingerprint density at radius 2 is 1.96 bits per heavy atom. The second-order valence-electron chi connectivity index (χ2n) is 4.88. The van der Waals surface area contributed by atoms with Crippen LogP contribution < -0.4 is 0 Å². The summed E-state index contributed by atoms with van der Waals surface area (Å²) in [5.74, 6) is -2.40. The summed E-state index contributed by atoms with van der Waals surface area (Å²) in [6.07, 6.45) is 0. The second-order valence-corrected chi connectivity index (χ2v) is 5.80. The molecule has 0 aliphatic carbocycles. The number of Topliss-reactive ketones (excluding diaryl/α,β-unsaturated/α-hetero) is 1. The fraction of sp³-hybridized carbons (Fsp3) is 0.125. The number of nitro benzene ring substituents is 1. The molecule has 0 heterocycles. The van der Waals surface area contributed by atoms with Crippen LogP contribution in [0.4, 0.5) is 10.1 Å². The zero-order valence-corrected chi connectivity index (χ0v) is 14.0. The highest BCUT2D eigenvalue weighted by Gasteiger charge is 2.18. The number of ketones is 1. The van der Waals surface area contributed by atoms with Crippen molar-refractivity contribution in [1.29, 1.82) is 0 Å². The van der Waals surface area contributed by atoms with Crippen LogP contribution in [0.3, 0.4) is 0 Å². The van der Waals surface area contributed by atoms with Gasteiger partial charge in [-0.1, -0.05) is 28.1 Å². The van der Waals surface area contributed by atoms with Crippen LogP contribution >= 0.6 is 15.9 Å². The zero-order chi connectivity index (χ0) is 17.9. The highest BCUT2D eigenvalue weighted by Crippen LogP contribution is 2.20. The molecular formula is C16H11BrFNO5. The molecule has 0 bridgehead atoms. The van der Waals surface area contributed by atoms with E-state index in [0.29, 0.717) is 10.0 Å². The molecule has 0 aliphatic rings. The molecule has 0 saturated carbocycles. The average molecular weight is 396 g/mol. The molecule has 0 saturated heterocycles. The highest BCUT2D eigenvalue weighted by molar-refractivity contribution is 9.10. The van der Waals surface area contributed by atoms with E-state index in [2.05, 4.69) is 15.9 Å². The molecule has 0 unspecified atom stereocenters. The lowest BCUT2D eigenvalue weighted by atomic mass is 10.1. The monoisotopic (exact) mass is 395 g/mol. The van der Waals surface area contributed by atoms with E-state index >= 15 is 0 Å². The first-order valence-electron chi connectivity index (χ1n) is 6.70. The van der Waals surface area contributed by atoms with Crippen molar-refractivity contribution in [2.75, 3.05) is 6.61 Å². The van der Waals surface area contributed by atoms with Gasteiger partial charge in [-0.05, 0) is 25.1 Å². The van der Waals surface area contributed by atoms with Crippen molar-refractivity contribution < 1.29 is 23.6 Å². The Hall–Kier alpha value is -2.61. The minimum absolute atomic E-state index is 0.0383. The summed E-state index contributed by atoms with van der Waals surface area (Å²) in [5.41, 5.74) is -0.0612. The maximum atomic E-state index is 13.6. The average Bonchev–Trinajstić information content (AvgIpc) is 2.52. The van der Waals surface area contributed by atoms with Gasteiger partial charge in [-0.3, -0.25) is 14.9 Å². The van der Waals surface area contributed by atoms with Gasteiger partial charge in [-0.15, -0.1) is 0 Å². The number of carbonyl (C=O) groups is 2. The molecule has 8 heteroatoms. The van der Waals surface area contributed by atoms with E-state index in [-0.39, 0.29) is 16.8 Å². The van der Waals surface area contributed by atoms with Crippen molar-refractivity contribution in [1.82, 2.24) is 0 Å². The third-order valence-corrected chi connectivity index (χ3v) is 3.71. The largest absolute Gasteiger partial charge is 0.454 e. The molecule has 0 atom stereocenters. The predicted octanol–water partition coefficient (Wildman–Crippen LogP) is 3.84. The molecule has 0 aromatic heterocycles. The van der Waals surface area contributed by atoms with Gasteiger partial charge >= 0.3 is 5.97 Å². The van der Waals surface area contributed by atoms with Gasteiger partial charge in [0.05, 0.1) is 10.5 Å². The van der Waals surface area contributed by atoms with Gasteiger partial charge in [0.2, 0.25) is 5.78 Å². The predicted molar refractivity (Wildman–Crippen MR) is 86.5 cm³/mol. The Morgan fingerprint density at radius 1 is 1.25 bits per heavy atom. The van der Waals surface area contributed by atoms with Crippen molar-refractivity contribution in [3.05, 3.63) is 73.5 Å². The molecule has 2 aromatic carbocycles. The summed E-state index contributed by atoms with van der Waals surface area (Å²) in [5, 5.41) is 10.9. The first-order valence-corrected chi connectivity index (χ1v) is 7.49. The maximum absolute atomic E-state index is 13.6. The molecule has 0 amide bonds. The lowest BCUT2D eigenvalue weighted by molar-refractivity contribution is -0.385. The number of hydrogen-bond donors (Lipinski definition) is 0. The highest BCUT2D eigenvalue weighted by atomic mass is 79.9. The van der Waals surface area contributed by atoms with Crippen LogP contribution in [0.2, 0.25) is 0 Å². The van der Waals surface area contributed by atoms with Crippen LogP contribution in [0, 0.1) is 22.9 Å². The summed E-state index contributed by atoms with van der Waals surface area (Å²) in [6.45, 7) is 0.900. The molecule has 0 N–H and O–H groups in total. The van der Waals surface area contributed by atoms with Crippen LogP contribution in [0.25, 0.3) is 0 Å². The summed E-state index contributed by atoms with van der Waals surface area (Å²) >= 11 is 3.06. The minimum Gasteiger partial charge on any atom is -0.454 e. The smallest absolute Gasteiger partial charge is 0.341 e. The maximum Gasteiger partial charge on any atom is 0.341 e. The third-order valence-electron chi connectivity index (χ3n) is 3.21. The summed E-state index contributed by atoms with van der Waals surface area (Å²) < 4.78 is 18.9. The fourth-order valence-electron chi connectivity index (χ4n) is 1.93. The van der Waals surface area contributed by atoms with E-state index in [4.69, 9.17) is 4.74 Å².